The molecule has 0 atom stereocenters. The van der Waals surface area contributed by atoms with Crippen LogP contribution in [-0.4, -0.2) is 71.0 Å². The smallest absolute Gasteiger partial charge is 0.478 e. The Morgan fingerprint density at radius 1 is 0.793 bits per heavy atom. The minimum atomic E-state index is -1.02. The van der Waals surface area contributed by atoms with Crippen molar-refractivity contribution >= 4 is 11.9 Å². The monoisotopic (exact) mass is 452 g/mol. The van der Waals surface area contributed by atoms with Crippen molar-refractivity contribution in [3.05, 3.63) is 49.6 Å². The second-order valence-electron chi connectivity index (χ2n) is 5.61. The summed E-state index contributed by atoms with van der Waals surface area (Å²) in [5.41, 5.74) is 0.115. The van der Waals surface area contributed by atoms with Gasteiger partial charge in [0.25, 0.3) is 0 Å². The average molecular weight is 452 g/mol. The Kier molecular flexibility index (Phi) is 37.7. The third-order valence-electron chi connectivity index (χ3n) is 1.63. The molecule has 0 radical (unpaired) electrons. The van der Waals surface area contributed by atoms with Gasteiger partial charge in [-0.15, -0.1) is 13.2 Å². The average Bonchev–Trinajstić information content (AvgIpc) is 2.54. The quantitative estimate of drug-likeness (QED) is 0.172. The van der Waals surface area contributed by atoms with Gasteiger partial charge in [0, 0.05) is 12.2 Å². The van der Waals surface area contributed by atoms with Crippen LogP contribution in [0, 0.1) is 0 Å². The molecule has 0 amide bonds. The Morgan fingerprint density at radius 2 is 1.00 bits per heavy atom. The number of aliphatic hydroxyl groups excluding tert-OH is 2. The minimum Gasteiger partial charge on any atom is -0.478 e. The summed E-state index contributed by atoms with van der Waals surface area (Å²) >= 11 is 0. The van der Waals surface area contributed by atoms with E-state index in [1.807, 2.05) is 0 Å². The van der Waals surface area contributed by atoms with E-state index in [2.05, 4.69) is 26.3 Å². The van der Waals surface area contributed by atoms with Gasteiger partial charge in [0.1, 0.15) is 0 Å². The number of rotatable bonds is 10. The van der Waals surface area contributed by atoms with Crippen molar-refractivity contribution in [2.45, 2.75) is 39.9 Å². The molecular formula is C20H36O8Ti+2. The molecule has 0 aromatic carbocycles. The molecule has 4 N–H and O–H groups in total. The van der Waals surface area contributed by atoms with Gasteiger partial charge in [-0.2, -0.15) is 0 Å². The molecule has 0 aliphatic carbocycles. The molecule has 0 aromatic rings. The Balaban J connectivity index is -0.0000000950. The minimum absolute atomic E-state index is 0. The van der Waals surface area contributed by atoms with Crippen LogP contribution in [0.25, 0.3) is 0 Å². The first-order chi connectivity index (χ1) is 12.8. The standard InChI is InChI=1S/2C7H10O3.2C3H8O.Ti/c2*1-3-4-10-5-6(2)7(8)9;2*1-3(2)4;/h2*3H,1-2,4-5H2,(H,8,9);2*3-4H,1-2H3;/q;;;;+2. The Labute approximate surface area is 189 Å². The molecule has 0 fully saturated rings. The zero-order chi connectivity index (χ0) is 23.1. The predicted molar refractivity (Wildman–Crippen MR) is 110 cm³/mol. The molecule has 0 saturated heterocycles. The number of aliphatic hydroxyl groups is 2. The van der Waals surface area contributed by atoms with Crippen LogP contribution in [0.15, 0.2) is 49.6 Å². The molecule has 8 nitrogen and oxygen atoms in total. The van der Waals surface area contributed by atoms with E-state index in [1.54, 1.807) is 39.8 Å². The van der Waals surface area contributed by atoms with Crippen molar-refractivity contribution < 1.29 is 61.2 Å². The summed E-state index contributed by atoms with van der Waals surface area (Å²) < 4.78 is 9.61. The molecule has 29 heavy (non-hydrogen) atoms. The number of hydrogen-bond donors (Lipinski definition) is 4. The van der Waals surface area contributed by atoms with Gasteiger partial charge in [-0.3, -0.25) is 0 Å². The molecule has 0 bridgehead atoms. The van der Waals surface area contributed by atoms with E-state index in [4.69, 9.17) is 29.9 Å². The summed E-state index contributed by atoms with van der Waals surface area (Å²) in [4.78, 5) is 20.2. The van der Waals surface area contributed by atoms with Crippen LogP contribution in [0.3, 0.4) is 0 Å². The van der Waals surface area contributed by atoms with Crippen molar-refractivity contribution in [1.82, 2.24) is 0 Å². The van der Waals surface area contributed by atoms with E-state index in [0.717, 1.165) is 0 Å². The normalized spacial score (nSPS) is 8.55. The zero-order valence-electron chi connectivity index (χ0n) is 17.9. The van der Waals surface area contributed by atoms with Crippen molar-refractivity contribution in [2.24, 2.45) is 0 Å². The molecule has 0 spiro atoms. The van der Waals surface area contributed by atoms with Gasteiger partial charge in [0.2, 0.25) is 0 Å². The summed E-state index contributed by atoms with van der Waals surface area (Å²) in [5, 5.41) is 32.7. The number of ether oxygens (including phenoxy) is 2. The molecule has 166 valence electrons. The molecule has 0 heterocycles. The molecule has 0 rings (SSSR count). The first-order valence-corrected chi connectivity index (χ1v) is 8.38. The van der Waals surface area contributed by atoms with Crippen LogP contribution in [-0.2, 0) is 40.8 Å². The molecule has 0 saturated carbocycles. The molecular weight excluding hydrogens is 416 g/mol. The number of carboxylic acid groups (broad SMARTS) is 2. The summed E-state index contributed by atoms with van der Waals surface area (Å²) in [6, 6.07) is 0. The van der Waals surface area contributed by atoms with E-state index < -0.39 is 11.9 Å². The largest absolute Gasteiger partial charge is 2.00 e. The van der Waals surface area contributed by atoms with Gasteiger partial charge in [-0.1, -0.05) is 25.3 Å². The number of carboxylic acids is 2. The van der Waals surface area contributed by atoms with Crippen LogP contribution in [0.2, 0.25) is 0 Å². The van der Waals surface area contributed by atoms with Gasteiger partial charge in [-0.25, -0.2) is 9.59 Å². The molecule has 9 heteroatoms. The Bertz CT molecular complexity index is 412. The maximum absolute atomic E-state index is 10.1. The molecule has 0 unspecified atom stereocenters. The SMILES string of the molecule is C=CCOCC(=C)C(=O)O.C=CCOCC(=C)C(=O)O.CC(C)O.CC(C)O.[Ti+2]. The van der Waals surface area contributed by atoms with E-state index in [-0.39, 0.29) is 58.3 Å². The van der Waals surface area contributed by atoms with E-state index in [0.29, 0.717) is 13.2 Å². The first kappa shape index (κ1) is 38.1. The van der Waals surface area contributed by atoms with Gasteiger partial charge in [-0.05, 0) is 27.7 Å². The third-order valence-corrected chi connectivity index (χ3v) is 1.63. The summed E-state index contributed by atoms with van der Waals surface area (Å²) in [5.74, 6) is -2.05. The molecule has 0 aromatic heterocycles. The van der Waals surface area contributed by atoms with Crippen LogP contribution in [0.1, 0.15) is 27.7 Å². The third kappa shape index (κ3) is 58.4. The van der Waals surface area contributed by atoms with Crippen molar-refractivity contribution in [3.63, 3.8) is 0 Å². The Hall–Kier alpha value is -1.55. The second kappa shape index (κ2) is 28.7. The van der Waals surface area contributed by atoms with Gasteiger partial charge < -0.3 is 29.9 Å². The summed E-state index contributed by atoms with van der Waals surface area (Å²) in [6.45, 7) is 21.0. The summed E-state index contributed by atoms with van der Waals surface area (Å²) in [7, 11) is 0. The maximum atomic E-state index is 10.1. The number of aliphatic carboxylic acids is 2. The summed E-state index contributed by atoms with van der Waals surface area (Å²) in [6.07, 6.45) is 2.77. The van der Waals surface area contributed by atoms with Crippen molar-refractivity contribution in [2.75, 3.05) is 26.4 Å². The van der Waals surface area contributed by atoms with Crippen molar-refractivity contribution in [3.8, 4) is 0 Å². The first-order valence-electron chi connectivity index (χ1n) is 8.38. The van der Waals surface area contributed by atoms with Crippen LogP contribution >= 0.6 is 0 Å². The Morgan fingerprint density at radius 3 is 1.14 bits per heavy atom. The predicted octanol–water partition coefficient (Wildman–Crippen LogP) is 2.43. The fraction of sp³-hybridized carbons (Fsp3) is 0.500. The number of hydrogen-bond acceptors (Lipinski definition) is 6. The fourth-order valence-corrected chi connectivity index (χ4v) is 0.654. The van der Waals surface area contributed by atoms with E-state index >= 15 is 0 Å². The van der Waals surface area contributed by atoms with E-state index in [9.17, 15) is 9.59 Å². The molecule has 0 aliphatic rings. The van der Waals surface area contributed by atoms with E-state index in [1.165, 1.54) is 0 Å². The van der Waals surface area contributed by atoms with Gasteiger partial charge >= 0.3 is 33.7 Å². The zero-order valence-corrected chi connectivity index (χ0v) is 19.4. The van der Waals surface area contributed by atoms with Gasteiger partial charge in [0.15, 0.2) is 0 Å². The topological polar surface area (TPSA) is 134 Å². The fourth-order valence-electron chi connectivity index (χ4n) is 0.654. The maximum Gasteiger partial charge on any atom is 2.00 e. The second-order valence-corrected chi connectivity index (χ2v) is 5.61. The van der Waals surface area contributed by atoms with Crippen LogP contribution < -0.4 is 0 Å². The van der Waals surface area contributed by atoms with Crippen molar-refractivity contribution in [1.29, 1.82) is 0 Å². The number of carbonyl (C=O) groups is 2. The van der Waals surface area contributed by atoms with Crippen LogP contribution in [0.4, 0.5) is 0 Å². The molecule has 0 aliphatic heterocycles. The van der Waals surface area contributed by atoms with Gasteiger partial charge in [0.05, 0.1) is 37.6 Å². The van der Waals surface area contributed by atoms with Crippen LogP contribution in [0.5, 0.6) is 0 Å².